The number of hydrogen-bond donors (Lipinski definition) is 1. The third kappa shape index (κ3) is 5.36. The zero-order valence-corrected chi connectivity index (χ0v) is 19.7. The summed E-state index contributed by atoms with van der Waals surface area (Å²) in [7, 11) is -3.62. The fourth-order valence-electron chi connectivity index (χ4n) is 3.58. The summed E-state index contributed by atoms with van der Waals surface area (Å²) in [5, 5.41) is 14.8. The van der Waals surface area contributed by atoms with E-state index in [1.54, 1.807) is 6.07 Å². The molecule has 0 unspecified atom stereocenters. The fourth-order valence-corrected chi connectivity index (χ4v) is 4.50. The van der Waals surface area contributed by atoms with Crippen LogP contribution in [0.1, 0.15) is 21.7 Å². The molecule has 0 radical (unpaired) electrons. The molecule has 4 aromatic rings. The van der Waals surface area contributed by atoms with Crippen LogP contribution >= 0.6 is 0 Å². The van der Waals surface area contributed by atoms with Gasteiger partial charge in [0.2, 0.25) is 0 Å². The topological polar surface area (TPSA) is 105 Å². The van der Waals surface area contributed by atoms with Gasteiger partial charge in [0.25, 0.3) is 5.91 Å². The molecule has 0 saturated carbocycles. The van der Waals surface area contributed by atoms with Crippen LogP contribution in [0.2, 0.25) is 0 Å². The van der Waals surface area contributed by atoms with Crippen molar-refractivity contribution < 1.29 is 30.8 Å². The summed E-state index contributed by atoms with van der Waals surface area (Å²) in [6.07, 6.45) is -3.85. The molecule has 0 saturated heterocycles. The molecule has 0 bridgehead atoms. The van der Waals surface area contributed by atoms with Gasteiger partial charge in [0.1, 0.15) is 11.5 Å². The standard InChI is InChI=1S/C25H16F4N4O3S/c1-37(35,36)22-8-3-2-7-18(22)16-9-10-20(19(26)12-16)31-24(34)21-13-23(25(27,28)29)32-33(21)17-6-4-5-15(11-17)14-30/h2-13H,1H3,(H,31,34). The van der Waals surface area contributed by atoms with Gasteiger partial charge in [-0.1, -0.05) is 30.3 Å². The Morgan fingerprint density at radius 1 is 1.03 bits per heavy atom. The number of rotatable bonds is 5. The Balaban J connectivity index is 1.71. The van der Waals surface area contributed by atoms with E-state index < -0.39 is 39.1 Å². The maximum absolute atomic E-state index is 15.0. The van der Waals surface area contributed by atoms with E-state index in [-0.39, 0.29) is 33.0 Å². The van der Waals surface area contributed by atoms with E-state index in [9.17, 15) is 30.8 Å². The lowest BCUT2D eigenvalue weighted by atomic mass is 10.0. The molecule has 0 aliphatic carbocycles. The number of sulfone groups is 1. The third-order valence-corrected chi connectivity index (χ3v) is 6.42. The summed E-state index contributed by atoms with van der Waals surface area (Å²) in [4.78, 5) is 12.9. The van der Waals surface area contributed by atoms with E-state index >= 15 is 0 Å². The highest BCUT2D eigenvalue weighted by Crippen LogP contribution is 2.32. The number of amides is 1. The number of aromatic nitrogens is 2. The SMILES string of the molecule is CS(=O)(=O)c1ccccc1-c1ccc(NC(=O)c2cc(C(F)(F)F)nn2-c2cccc(C#N)c2)c(F)c1. The number of hydrogen-bond acceptors (Lipinski definition) is 5. The Morgan fingerprint density at radius 2 is 1.76 bits per heavy atom. The largest absolute Gasteiger partial charge is 0.435 e. The van der Waals surface area contributed by atoms with Gasteiger partial charge in [-0.3, -0.25) is 4.79 Å². The monoisotopic (exact) mass is 528 g/mol. The van der Waals surface area contributed by atoms with Gasteiger partial charge in [-0.05, 0) is 42.0 Å². The lowest BCUT2D eigenvalue weighted by molar-refractivity contribution is -0.141. The third-order valence-electron chi connectivity index (χ3n) is 5.27. The second-order valence-corrected chi connectivity index (χ2v) is 9.89. The van der Waals surface area contributed by atoms with Gasteiger partial charge in [-0.25, -0.2) is 17.5 Å². The van der Waals surface area contributed by atoms with Gasteiger partial charge in [-0.15, -0.1) is 0 Å². The summed E-state index contributed by atoms with van der Waals surface area (Å²) in [6.45, 7) is 0. The second-order valence-electron chi connectivity index (χ2n) is 7.90. The minimum Gasteiger partial charge on any atom is -0.318 e. The highest BCUT2D eigenvalue weighted by molar-refractivity contribution is 7.90. The molecule has 7 nitrogen and oxygen atoms in total. The Morgan fingerprint density at radius 3 is 2.41 bits per heavy atom. The van der Waals surface area contributed by atoms with Crippen LogP contribution in [-0.2, 0) is 16.0 Å². The molecule has 0 spiro atoms. The van der Waals surface area contributed by atoms with Crippen molar-refractivity contribution in [2.75, 3.05) is 11.6 Å². The lowest BCUT2D eigenvalue weighted by Gasteiger charge is -2.12. The molecule has 1 N–H and O–H groups in total. The molecule has 1 amide bonds. The first-order valence-corrected chi connectivity index (χ1v) is 12.4. The molecule has 188 valence electrons. The van der Waals surface area contributed by atoms with E-state index in [2.05, 4.69) is 10.4 Å². The van der Waals surface area contributed by atoms with Crippen LogP contribution in [0.4, 0.5) is 23.2 Å². The van der Waals surface area contributed by atoms with Gasteiger partial charge >= 0.3 is 6.18 Å². The first-order chi connectivity index (χ1) is 17.4. The van der Waals surface area contributed by atoms with Crippen LogP contribution in [-0.4, -0.2) is 30.4 Å². The van der Waals surface area contributed by atoms with Crippen molar-refractivity contribution in [2.45, 2.75) is 11.1 Å². The van der Waals surface area contributed by atoms with Crippen LogP contribution in [0, 0.1) is 17.1 Å². The number of anilines is 1. The summed E-state index contributed by atoms with van der Waals surface area (Å²) in [6, 6.07) is 17.3. The van der Waals surface area contributed by atoms with Crippen molar-refractivity contribution in [1.29, 1.82) is 5.26 Å². The summed E-state index contributed by atoms with van der Waals surface area (Å²) < 4.78 is 79.9. The minimum atomic E-state index is -4.87. The maximum Gasteiger partial charge on any atom is 0.435 e. The van der Waals surface area contributed by atoms with Crippen LogP contribution in [0.5, 0.6) is 0 Å². The Bertz CT molecular complexity index is 1670. The number of benzene rings is 3. The Labute approximate surface area is 208 Å². The van der Waals surface area contributed by atoms with Crippen LogP contribution in [0.25, 0.3) is 16.8 Å². The number of carbonyl (C=O) groups is 1. The molecular weight excluding hydrogens is 512 g/mol. The normalized spacial score (nSPS) is 11.7. The molecule has 1 heterocycles. The van der Waals surface area contributed by atoms with Crippen molar-refractivity contribution in [3.63, 3.8) is 0 Å². The maximum atomic E-state index is 15.0. The number of nitriles is 1. The highest BCUT2D eigenvalue weighted by Gasteiger charge is 2.36. The predicted molar refractivity (Wildman–Crippen MR) is 126 cm³/mol. The fraction of sp³-hybridized carbons (Fsp3) is 0.0800. The quantitative estimate of drug-likeness (QED) is 0.358. The molecule has 0 atom stereocenters. The number of halogens is 4. The van der Waals surface area contributed by atoms with Gasteiger partial charge in [0.15, 0.2) is 15.5 Å². The molecule has 12 heteroatoms. The summed E-state index contributed by atoms with van der Waals surface area (Å²) >= 11 is 0. The summed E-state index contributed by atoms with van der Waals surface area (Å²) in [5.41, 5.74) is -1.64. The van der Waals surface area contributed by atoms with Crippen LogP contribution < -0.4 is 5.32 Å². The molecule has 0 aliphatic rings. The molecule has 4 rings (SSSR count). The lowest BCUT2D eigenvalue weighted by Crippen LogP contribution is -2.17. The van der Waals surface area contributed by atoms with Crippen molar-refractivity contribution in [3.05, 3.63) is 95.6 Å². The zero-order valence-electron chi connectivity index (χ0n) is 18.9. The van der Waals surface area contributed by atoms with E-state index in [1.165, 1.54) is 54.6 Å². The molecule has 1 aromatic heterocycles. The van der Waals surface area contributed by atoms with Gasteiger partial charge < -0.3 is 5.32 Å². The first kappa shape index (κ1) is 25.6. The molecule has 3 aromatic carbocycles. The van der Waals surface area contributed by atoms with Crippen molar-refractivity contribution in [2.24, 2.45) is 0 Å². The van der Waals surface area contributed by atoms with Gasteiger partial charge in [-0.2, -0.15) is 23.5 Å². The van der Waals surface area contributed by atoms with E-state index in [0.29, 0.717) is 10.7 Å². The van der Waals surface area contributed by atoms with Gasteiger partial charge in [0.05, 0.1) is 27.9 Å². The minimum absolute atomic E-state index is 0.0191. The van der Waals surface area contributed by atoms with Gasteiger partial charge in [0, 0.05) is 17.9 Å². The Hall–Kier alpha value is -4.50. The van der Waals surface area contributed by atoms with E-state index in [0.717, 1.165) is 12.3 Å². The number of nitrogens with zero attached hydrogens (tertiary/aromatic N) is 3. The van der Waals surface area contributed by atoms with E-state index in [1.807, 2.05) is 6.07 Å². The Kier molecular flexibility index (Phi) is 6.58. The molecule has 37 heavy (non-hydrogen) atoms. The number of nitrogens with one attached hydrogen (secondary N) is 1. The highest BCUT2D eigenvalue weighted by atomic mass is 32.2. The van der Waals surface area contributed by atoms with Crippen LogP contribution in [0.3, 0.4) is 0 Å². The van der Waals surface area contributed by atoms with Crippen molar-refractivity contribution in [3.8, 4) is 22.9 Å². The second kappa shape index (κ2) is 9.51. The smallest absolute Gasteiger partial charge is 0.318 e. The summed E-state index contributed by atoms with van der Waals surface area (Å²) in [5.74, 6) is -2.03. The van der Waals surface area contributed by atoms with E-state index in [4.69, 9.17) is 5.26 Å². The average molecular weight is 528 g/mol. The molecule has 0 fully saturated rings. The van der Waals surface area contributed by atoms with Crippen molar-refractivity contribution in [1.82, 2.24) is 9.78 Å². The van der Waals surface area contributed by atoms with Crippen molar-refractivity contribution >= 4 is 21.4 Å². The molecular formula is C25H16F4N4O3S. The average Bonchev–Trinajstić information content (AvgIpc) is 3.31. The zero-order chi connectivity index (χ0) is 27.0. The molecule has 0 aliphatic heterocycles. The number of alkyl halides is 3. The number of carbonyl (C=O) groups excluding carboxylic acids is 1. The van der Waals surface area contributed by atoms with Crippen LogP contribution in [0.15, 0.2) is 77.7 Å². The first-order valence-electron chi connectivity index (χ1n) is 10.5. The predicted octanol–water partition coefficient (Wildman–Crippen LogP) is 5.22.